The van der Waals surface area contributed by atoms with Crippen LogP contribution in [0.15, 0.2) is 6.07 Å². The van der Waals surface area contributed by atoms with Gasteiger partial charge in [-0.1, -0.05) is 0 Å². The molecule has 1 heterocycles. The Labute approximate surface area is 105 Å². The van der Waals surface area contributed by atoms with Crippen LogP contribution in [0.5, 0.6) is 0 Å². The minimum atomic E-state index is -1.00. The monoisotopic (exact) mass is 260 g/mol. The van der Waals surface area contributed by atoms with Gasteiger partial charge in [0, 0.05) is 18.7 Å². The van der Waals surface area contributed by atoms with Crippen LogP contribution in [-0.4, -0.2) is 40.5 Å². The number of hydrogen-bond donors (Lipinski definition) is 1. The summed E-state index contributed by atoms with van der Waals surface area (Å²) in [6.07, 6.45) is 2.64. The topological polar surface area (TPSA) is 64.4 Å². The molecule has 0 atom stereocenters. The maximum absolute atomic E-state index is 10.8. The summed E-state index contributed by atoms with van der Waals surface area (Å²) >= 11 is 5.61. The van der Waals surface area contributed by atoms with E-state index < -0.39 is 5.97 Å². The Hall–Kier alpha value is -1.07. The van der Waals surface area contributed by atoms with Gasteiger partial charge in [-0.3, -0.25) is 4.68 Å². The van der Waals surface area contributed by atoms with E-state index in [1.807, 2.05) is 0 Å². The number of ether oxygens (including phenoxy) is 1. The van der Waals surface area contributed by atoms with Crippen molar-refractivity contribution in [3.63, 3.8) is 0 Å². The highest BCUT2D eigenvalue weighted by atomic mass is 35.5. The summed E-state index contributed by atoms with van der Waals surface area (Å²) in [6.45, 7) is 1.09. The van der Waals surface area contributed by atoms with Crippen LogP contribution in [0.3, 0.4) is 0 Å². The van der Waals surface area contributed by atoms with E-state index in [0.29, 0.717) is 19.0 Å². The zero-order chi connectivity index (χ0) is 12.7. The molecule has 5 nitrogen and oxygen atoms in total. The Kier molecular flexibility index (Phi) is 6.00. The molecular formula is C11H17ClN2O3. The predicted octanol–water partition coefficient (Wildman–Crippen LogP) is 1.79. The van der Waals surface area contributed by atoms with Crippen molar-refractivity contribution >= 4 is 17.6 Å². The lowest BCUT2D eigenvalue weighted by Gasteiger charge is -2.05. The van der Waals surface area contributed by atoms with Gasteiger partial charge in [0.15, 0.2) is 5.69 Å². The minimum Gasteiger partial charge on any atom is -0.476 e. The lowest BCUT2D eigenvalue weighted by atomic mass is 10.2. The molecule has 0 aliphatic rings. The van der Waals surface area contributed by atoms with Gasteiger partial charge < -0.3 is 9.84 Å². The van der Waals surface area contributed by atoms with Gasteiger partial charge in [-0.15, -0.1) is 11.6 Å². The predicted molar refractivity (Wildman–Crippen MR) is 64.7 cm³/mol. The Balaban J connectivity index is 2.72. The largest absolute Gasteiger partial charge is 0.476 e. The van der Waals surface area contributed by atoms with Gasteiger partial charge in [0.2, 0.25) is 0 Å². The smallest absolute Gasteiger partial charge is 0.356 e. The number of aromatic nitrogens is 2. The molecule has 0 fully saturated rings. The molecule has 0 spiro atoms. The molecule has 1 aromatic rings. The highest BCUT2D eigenvalue weighted by molar-refractivity contribution is 6.17. The van der Waals surface area contributed by atoms with E-state index in [9.17, 15) is 4.79 Å². The second-order valence-electron chi connectivity index (χ2n) is 3.69. The lowest BCUT2D eigenvalue weighted by molar-refractivity contribution is 0.0689. The summed E-state index contributed by atoms with van der Waals surface area (Å²) < 4.78 is 6.66. The fourth-order valence-electron chi connectivity index (χ4n) is 1.53. The summed E-state index contributed by atoms with van der Waals surface area (Å²) in [7, 11) is 1.61. The molecule has 96 valence electrons. The zero-order valence-corrected chi connectivity index (χ0v) is 10.6. The van der Waals surface area contributed by atoms with Gasteiger partial charge in [0.05, 0.1) is 13.2 Å². The van der Waals surface area contributed by atoms with Crippen LogP contribution >= 0.6 is 11.6 Å². The second kappa shape index (κ2) is 7.29. The number of rotatable bonds is 8. The number of nitrogens with zero attached hydrogens (tertiary/aromatic N) is 2. The van der Waals surface area contributed by atoms with Crippen LogP contribution in [-0.2, 0) is 17.7 Å². The number of halogens is 1. The van der Waals surface area contributed by atoms with Crippen molar-refractivity contribution in [2.45, 2.75) is 25.8 Å². The Morgan fingerprint density at radius 2 is 2.35 bits per heavy atom. The van der Waals surface area contributed by atoms with E-state index in [-0.39, 0.29) is 5.69 Å². The first kappa shape index (κ1) is 14.0. The average molecular weight is 261 g/mol. The number of carbonyl (C=O) groups is 1. The number of aromatic carboxylic acids is 1. The Morgan fingerprint density at radius 1 is 1.59 bits per heavy atom. The Morgan fingerprint density at radius 3 is 2.94 bits per heavy atom. The van der Waals surface area contributed by atoms with E-state index in [0.717, 1.165) is 25.0 Å². The summed E-state index contributed by atoms with van der Waals surface area (Å²) in [5.41, 5.74) is 1.01. The summed E-state index contributed by atoms with van der Waals surface area (Å²) in [5, 5.41) is 12.9. The first-order valence-electron chi connectivity index (χ1n) is 5.54. The second-order valence-corrected chi connectivity index (χ2v) is 4.07. The normalized spacial score (nSPS) is 10.7. The van der Waals surface area contributed by atoms with Crippen LogP contribution in [0, 0.1) is 0 Å². The minimum absolute atomic E-state index is 0.0852. The third-order valence-corrected chi connectivity index (χ3v) is 2.67. The van der Waals surface area contributed by atoms with Crippen molar-refractivity contribution in [1.29, 1.82) is 0 Å². The number of aryl methyl sites for hydroxylation is 1. The van der Waals surface area contributed by atoms with Crippen molar-refractivity contribution in [3.05, 3.63) is 17.5 Å². The van der Waals surface area contributed by atoms with Crippen LogP contribution in [0.25, 0.3) is 0 Å². The van der Waals surface area contributed by atoms with Crippen molar-refractivity contribution in [1.82, 2.24) is 9.78 Å². The fourth-order valence-corrected chi connectivity index (χ4v) is 1.72. The van der Waals surface area contributed by atoms with Crippen LogP contribution < -0.4 is 0 Å². The molecule has 6 heteroatoms. The number of carboxylic acid groups (broad SMARTS) is 1. The van der Waals surface area contributed by atoms with Gasteiger partial charge in [0.25, 0.3) is 0 Å². The van der Waals surface area contributed by atoms with E-state index >= 15 is 0 Å². The molecule has 0 aliphatic heterocycles. The van der Waals surface area contributed by atoms with Gasteiger partial charge >= 0.3 is 5.97 Å². The highest BCUT2D eigenvalue weighted by Gasteiger charge is 2.12. The number of unbranched alkanes of at least 4 members (excludes halogenated alkanes) is 1. The maximum atomic E-state index is 10.8. The van der Waals surface area contributed by atoms with Gasteiger partial charge in [-0.05, 0) is 25.3 Å². The van der Waals surface area contributed by atoms with Gasteiger partial charge in [-0.2, -0.15) is 5.10 Å². The molecule has 0 amide bonds. The van der Waals surface area contributed by atoms with Gasteiger partial charge in [0.1, 0.15) is 0 Å². The van der Waals surface area contributed by atoms with Crippen LogP contribution in [0.2, 0.25) is 0 Å². The first-order valence-corrected chi connectivity index (χ1v) is 6.07. The number of carboxylic acids is 1. The molecule has 1 aromatic heterocycles. The van der Waals surface area contributed by atoms with E-state index in [2.05, 4.69) is 5.10 Å². The molecule has 0 aromatic carbocycles. The highest BCUT2D eigenvalue weighted by Crippen LogP contribution is 2.09. The van der Waals surface area contributed by atoms with Crippen molar-refractivity contribution in [3.8, 4) is 0 Å². The molecule has 0 aliphatic carbocycles. The van der Waals surface area contributed by atoms with Gasteiger partial charge in [-0.25, -0.2) is 4.79 Å². The Bertz CT molecular complexity index is 366. The third kappa shape index (κ3) is 4.36. The molecule has 0 radical (unpaired) electrons. The quantitative estimate of drug-likeness (QED) is 0.572. The molecule has 0 saturated carbocycles. The zero-order valence-electron chi connectivity index (χ0n) is 9.86. The number of alkyl halides is 1. The molecule has 0 unspecified atom stereocenters. The van der Waals surface area contributed by atoms with E-state index in [4.69, 9.17) is 21.4 Å². The average Bonchev–Trinajstić information content (AvgIpc) is 2.70. The molecule has 1 rings (SSSR count). The molecule has 0 saturated heterocycles. The number of hydrogen-bond acceptors (Lipinski definition) is 3. The first-order chi connectivity index (χ1) is 8.19. The summed E-state index contributed by atoms with van der Waals surface area (Å²) in [6, 6.07) is 1.62. The van der Waals surface area contributed by atoms with Crippen molar-refractivity contribution < 1.29 is 14.6 Å². The SMILES string of the molecule is COCCn1nc(C(=O)O)cc1CCCCCl. The van der Waals surface area contributed by atoms with Crippen LogP contribution in [0.4, 0.5) is 0 Å². The van der Waals surface area contributed by atoms with Crippen molar-refractivity contribution in [2.24, 2.45) is 0 Å². The molecule has 17 heavy (non-hydrogen) atoms. The number of methoxy groups -OCH3 is 1. The summed E-state index contributed by atoms with van der Waals surface area (Å²) in [4.78, 5) is 10.8. The standard InChI is InChI=1S/C11H17ClN2O3/c1-17-7-6-14-9(4-2-3-5-12)8-10(13-14)11(15)16/h8H,2-7H2,1H3,(H,15,16). The fraction of sp³-hybridized carbons (Fsp3) is 0.636. The molecule has 1 N–H and O–H groups in total. The van der Waals surface area contributed by atoms with Crippen LogP contribution in [0.1, 0.15) is 29.0 Å². The maximum Gasteiger partial charge on any atom is 0.356 e. The lowest BCUT2D eigenvalue weighted by Crippen LogP contribution is -2.10. The third-order valence-electron chi connectivity index (χ3n) is 2.41. The molecule has 0 bridgehead atoms. The van der Waals surface area contributed by atoms with E-state index in [1.165, 1.54) is 0 Å². The summed E-state index contributed by atoms with van der Waals surface area (Å²) in [5.74, 6) is -0.377. The van der Waals surface area contributed by atoms with E-state index in [1.54, 1.807) is 17.9 Å². The van der Waals surface area contributed by atoms with Crippen molar-refractivity contribution in [2.75, 3.05) is 19.6 Å². The molecular weight excluding hydrogens is 244 g/mol.